The van der Waals surface area contributed by atoms with Gasteiger partial charge in [0.2, 0.25) is 0 Å². The lowest BCUT2D eigenvalue weighted by molar-refractivity contribution is 0.0694. The van der Waals surface area contributed by atoms with Crippen LogP contribution in [0.3, 0.4) is 0 Å². The molecule has 19 heavy (non-hydrogen) atoms. The molecule has 96 valence electrons. The van der Waals surface area contributed by atoms with E-state index in [0.29, 0.717) is 10.7 Å². The third-order valence-corrected chi connectivity index (χ3v) is 2.70. The van der Waals surface area contributed by atoms with Crippen LogP contribution in [-0.2, 0) is 0 Å². The number of carbonyl (C=O) groups is 1. The van der Waals surface area contributed by atoms with Crippen LogP contribution in [0.1, 0.15) is 15.9 Å². The van der Waals surface area contributed by atoms with Crippen molar-refractivity contribution in [3.05, 3.63) is 58.6 Å². The molecule has 0 unspecified atom stereocenters. The fourth-order valence-corrected chi connectivity index (χ4v) is 1.61. The summed E-state index contributed by atoms with van der Waals surface area (Å²) in [7, 11) is 0. The minimum atomic E-state index is -1.18. The average molecular weight is 276 g/mol. The minimum Gasteiger partial charge on any atom is -0.507 e. The Morgan fingerprint density at radius 2 is 1.84 bits per heavy atom. The first-order valence-corrected chi connectivity index (χ1v) is 5.80. The van der Waals surface area contributed by atoms with Gasteiger partial charge in [0.1, 0.15) is 11.3 Å². The first kappa shape index (κ1) is 13.1. The van der Waals surface area contributed by atoms with E-state index in [4.69, 9.17) is 16.7 Å². The Balaban J connectivity index is 2.22. The van der Waals surface area contributed by atoms with Crippen molar-refractivity contribution < 1.29 is 15.0 Å². The average Bonchev–Trinajstić information content (AvgIpc) is 2.37. The molecule has 0 heterocycles. The monoisotopic (exact) mass is 275 g/mol. The second kappa shape index (κ2) is 5.54. The number of benzene rings is 2. The van der Waals surface area contributed by atoms with E-state index >= 15 is 0 Å². The molecule has 2 aromatic rings. The molecular formula is C14H10ClNO3. The lowest BCUT2D eigenvalue weighted by atomic mass is 10.2. The molecule has 0 radical (unpaired) electrons. The van der Waals surface area contributed by atoms with Crippen molar-refractivity contribution >= 4 is 29.5 Å². The van der Waals surface area contributed by atoms with E-state index in [1.54, 1.807) is 30.5 Å². The SMILES string of the molecule is O=C(O)c1ccc(N=Cc2ccc(Cl)cc2)cc1O. The fraction of sp³-hybridized carbons (Fsp3) is 0. The van der Waals surface area contributed by atoms with Gasteiger partial charge in [-0.2, -0.15) is 0 Å². The molecule has 0 fully saturated rings. The van der Waals surface area contributed by atoms with Crippen molar-refractivity contribution in [2.75, 3.05) is 0 Å². The Bertz CT molecular complexity index is 636. The van der Waals surface area contributed by atoms with E-state index < -0.39 is 5.97 Å². The number of carboxylic acid groups (broad SMARTS) is 1. The Labute approximate surface area is 114 Å². The van der Waals surface area contributed by atoms with Crippen molar-refractivity contribution in [3.8, 4) is 5.75 Å². The second-order valence-electron chi connectivity index (χ2n) is 3.82. The van der Waals surface area contributed by atoms with Gasteiger partial charge in [0.25, 0.3) is 0 Å². The highest BCUT2D eigenvalue weighted by Crippen LogP contribution is 2.23. The summed E-state index contributed by atoms with van der Waals surface area (Å²) < 4.78 is 0. The smallest absolute Gasteiger partial charge is 0.339 e. The molecule has 2 rings (SSSR count). The zero-order valence-corrected chi connectivity index (χ0v) is 10.5. The number of rotatable bonds is 3. The van der Waals surface area contributed by atoms with Crippen LogP contribution in [0.5, 0.6) is 5.75 Å². The number of phenols is 1. The van der Waals surface area contributed by atoms with E-state index in [1.807, 2.05) is 0 Å². The van der Waals surface area contributed by atoms with Crippen molar-refractivity contribution in [2.24, 2.45) is 4.99 Å². The Kier molecular flexibility index (Phi) is 3.82. The molecule has 0 atom stereocenters. The second-order valence-corrected chi connectivity index (χ2v) is 4.25. The van der Waals surface area contributed by atoms with E-state index in [-0.39, 0.29) is 11.3 Å². The molecular weight excluding hydrogens is 266 g/mol. The largest absolute Gasteiger partial charge is 0.507 e. The van der Waals surface area contributed by atoms with Gasteiger partial charge in [-0.25, -0.2) is 4.79 Å². The van der Waals surface area contributed by atoms with Crippen LogP contribution in [0, 0.1) is 0 Å². The van der Waals surface area contributed by atoms with Gasteiger partial charge < -0.3 is 10.2 Å². The first-order valence-electron chi connectivity index (χ1n) is 5.42. The van der Waals surface area contributed by atoms with Crippen LogP contribution in [0.15, 0.2) is 47.5 Å². The van der Waals surface area contributed by atoms with Crippen LogP contribution < -0.4 is 0 Å². The van der Waals surface area contributed by atoms with E-state index in [2.05, 4.69) is 4.99 Å². The van der Waals surface area contributed by atoms with Gasteiger partial charge >= 0.3 is 5.97 Å². The Hall–Kier alpha value is -2.33. The van der Waals surface area contributed by atoms with Crippen LogP contribution in [0.4, 0.5) is 5.69 Å². The number of aliphatic imine (C=N–C) groups is 1. The number of halogens is 1. The van der Waals surface area contributed by atoms with Crippen molar-refractivity contribution in [1.82, 2.24) is 0 Å². The highest BCUT2D eigenvalue weighted by Gasteiger charge is 2.08. The molecule has 0 amide bonds. The molecule has 0 spiro atoms. The highest BCUT2D eigenvalue weighted by molar-refractivity contribution is 6.30. The van der Waals surface area contributed by atoms with E-state index in [9.17, 15) is 9.90 Å². The Morgan fingerprint density at radius 3 is 2.42 bits per heavy atom. The highest BCUT2D eigenvalue weighted by atomic mass is 35.5. The summed E-state index contributed by atoms with van der Waals surface area (Å²) >= 11 is 5.76. The Morgan fingerprint density at radius 1 is 1.16 bits per heavy atom. The number of aromatic carboxylic acids is 1. The molecule has 0 bridgehead atoms. The third kappa shape index (κ3) is 3.33. The van der Waals surface area contributed by atoms with Crippen LogP contribution in [0.25, 0.3) is 0 Å². The molecule has 2 aromatic carbocycles. The lowest BCUT2D eigenvalue weighted by Gasteiger charge is -2.00. The predicted molar refractivity (Wildman–Crippen MR) is 73.8 cm³/mol. The first-order chi connectivity index (χ1) is 9.06. The normalized spacial score (nSPS) is 10.8. The molecule has 2 N–H and O–H groups in total. The summed E-state index contributed by atoms with van der Waals surface area (Å²) in [5.41, 5.74) is 1.18. The van der Waals surface area contributed by atoms with Crippen LogP contribution >= 0.6 is 11.6 Å². The molecule has 0 saturated heterocycles. The third-order valence-electron chi connectivity index (χ3n) is 2.44. The maximum atomic E-state index is 10.7. The summed E-state index contributed by atoms with van der Waals surface area (Å²) in [6, 6.07) is 11.2. The topological polar surface area (TPSA) is 69.9 Å². The quantitative estimate of drug-likeness (QED) is 0.842. The fourth-order valence-electron chi connectivity index (χ4n) is 1.48. The number of carboxylic acids is 1. The summed E-state index contributed by atoms with van der Waals surface area (Å²) in [5.74, 6) is -1.48. The molecule has 4 nitrogen and oxygen atoms in total. The van der Waals surface area contributed by atoms with Crippen molar-refractivity contribution in [3.63, 3.8) is 0 Å². The molecule has 0 aromatic heterocycles. The van der Waals surface area contributed by atoms with Gasteiger partial charge in [-0.05, 0) is 29.8 Å². The standard InChI is InChI=1S/C14H10ClNO3/c15-10-3-1-9(2-4-10)8-16-11-5-6-12(14(18)19)13(17)7-11/h1-8,17H,(H,18,19). The molecule has 5 heteroatoms. The summed E-state index contributed by atoms with van der Waals surface area (Å²) in [4.78, 5) is 14.9. The van der Waals surface area contributed by atoms with E-state index in [0.717, 1.165) is 5.56 Å². The van der Waals surface area contributed by atoms with Gasteiger partial charge in [0, 0.05) is 17.3 Å². The zero-order chi connectivity index (χ0) is 13.8. The van der Waals surface area contributed by atoms with Gasteiger partial charge in [0.15, 0.2) is 0 Å². The van der Waals surface area contributed by atoms with Crippen molar-refractivity contribution in [2.45, 2.75) is 0 Å². The molecule has 0 aliphatic carbocycles. The summed E-state index contributed by atoms with van der Waals surface area (Å²) in [5, 5.41) is 18.9. The summed E-state index contributed by atoms with van der Waals surface area (Å²) in [6.07, 6.45) is 1.60. The maximum absolute atomic E-state index is 10.7. The summed E-state index contributed by atoms with van der Waals surface area (Å²) in [6.45, 7) is 0. The van der Waals surface area contributed by atoms with Gasteiger partial charge in [-0.15, -0.1) is 0 Å². The zero-order valence-electron chi connectivity index (χ0n) is 9.75. The van der Waals surface area contributed by atoms with Gasteiger partial charge in [-0.1, -0.05) is 23.7 Å². The lowest BCUT2D eigenvalue weighted by Crippen LogP contribution is -1.95. The van der Waals surface area contributed by atoms with Gasteiger partial charge in [0.05, 0.1) is 5.69 Å². The maximum Gasteiger partial charge on any atom is 0.339 e. The van der Waals surface area contributed by atoms with Crippen molar-refractivity contribution in [1.29, 1.82) is 0 Å². The number of hydrogen-bond acceptors (Lipinski definition) is 3. The van der Waals surface area contributed by atoms with Crippen LogP contribution in [-0.4, -0.2) is 22.4 Å². The van der Waals surface area contributed by atoms with E-state index in [1.165, 1.54) is 18.2 Å². The number of hydrogen-bond donors (Lipinski definition) is 2. The predicted octanol–water partition coefficient (Wildman–Crippen LogP) is 3.49. The molecule has 0 aliphatic heterocycles. The van der Waals surface area contributed by atoms with Gasteiger partial charge in [-0.3, -0.25) is 4.99 Å². The number of aromatic hydroxyl groups is 1. The molecule has 0 saturated carbocycles. The molecule has 0 aliphatic rings. The van der Waals surface area contributed by atoms with Crippen LogP contribution in [0.2, 0.25) is 5.02 Å². The number of nitrogens with zero attached hydrogens (tertiary/aromatic N) is 1. The minimum absolute atomic E-state index is 0.148.